The highest BCUT2D eigenvalue weighted by molar-refractivity contribution is 6.30. The van der Waals surface area contributed by atoms with E-state index in [1.54, 1.807) is 30.3 Å². The number of fused-ring (bicyclic) bond motifs is 1. The first kappa shape index (κ1) is 14.6. The second kappa shape index (κ2) is 6.20. The number of nitrogens with one attached hydrogen (secondary N) is 2. The maximum Gasteiger partial charge on any atom is 0.251 e. The van der Waals surface area contributed by atoms with Crippen LogP contribution in [0.25, 0.3) is 0 Å². The third kappa shape index (κ3) is 2.97. The maximum atomic E-state index is 12.2. The number of carbonyl (C=O) groups is 2. The Morgan fingerprint density at radius 1 is 1.23 bits per heavy atom. The summed E-state index contributed by atoms with van der Waals surface area (Å²) in [5.41, 5.74) is 2.18. The minimum absolute atomic E-state index is 0.0620. The van der Waals surface area contributed by atoms with E-state index in [0.29, 0.717) is 29.2 Å². The van der Waals surface area contributed by atoms with E-state index in [4.69, 9.17) is 11.6 Å². The quantitative estimate of drug-likeness (QED) is 0.915. The number of carbonyl (C=O) groups excluding carboxylic acids is 2. The van der Waals surface area contributed by atoms with Crippen molar-refractivity contribution >= 4 is 23.4 Å². The summed E-state index contributed by atoms with van der Waals surface area (Å²) in [6, 6.07) is 14.3. The van der Waals surface area contributed by atoms with E-state index in [-0.39, 0.29) is 17.7 Å². The monoisotopic (exact) mass is 314 g/mol. The molecule has 5 heteroatoms. The Labute approximate surface area is 133 Å². The topological polar surface area (TPSA) is 58.2 Å². The van der Waals surface area contributed by atoms with Gasteiger partial charge >= 0.3 is 0 Å². The fraction of sp³-hybridized carbons (Fsp3) is 0.176. The van der Waals surface area contributed by atoms with Crippen molar-refractivity contribution < 1.29 is 9.59 Å². The molecule has 0 aromatic heterocycles. The van der Waals surface area contributed by atoms with Gasteiger partial charge in [-0.25, -0.2) is 0 Å². The van der Waals surface area contributed by atoms with Gasteiger partial charge in [0, 0.05) is 35.2 Å². The summed E-state index contributed by atoms with van der Waals surface area (Å²) in [5.74, 6) is -0.165. The van der Waals surface area contributed by atoms with Crippen LogP contribution in [-0.4, -0.2) is 24.9 Å². The van der Waals surface area contributed by atoms with Crippen LogP contribution in [0, 0.1) is 0 Å². The van der Waals surface area contributed by atoms with Crippen molar-refractivity contribution in [2.75, 3.05) is 13.1 Å². The summed E-state index contributed by atoms with van der Waals surface area (Å²) in [7, 11) is 0. The number of benzene rings is 2. The second-order valence-corrected chi connectivity index (χ2v) is 5.65. The van der Waals surface area contributed by atoms with Gasteiger partial charge in [0.1, 0.15) is 0 Å². The molecule has 1 atom stereocenters. The molecule has 0 spiro atoms. The lowest BCUT2D eigenvalue weighted by Crippen LogP contribution is -2.40. The lowest BCUT2D eigenvalue weighted by molar-refractivity contribution is 0.0936. The first-order valence-electron chi connectivity index (χ1n) is 7.06. The highest BCUT2D eigenvalue weighted by Gasteiger charge is 2.25. The minimum Gasteiger partial charge on any atom is -0.351 e. The Kier molecular flexibility index (Phi) is 4.11. The van der Waals surface area contributed by atoms with Gasteiger partial charge < -0.3 is 10.6 Å². The smallest absolute Gasteiger partial charge is 0.251 e. The molecule has 0 fully saturated rings. The van der Waals surface area contributed by atoms with Gasteiger partial charge in [0.2, 0.25) is 0 Å². The average Bonchev–Trinajstić information content (AvgIpc) is 2.54. The van der Waals surface area contributed by atoms with Crippen molar-refractivity contribution in [3.8, 4) is 0 Å². The fourth-order valence-corrected chi connectivity index (χ4v) is 2.80. The van der Waals surface area contributed by atoms with Gasteiger partial charge in [-0.15, -0.1) is 0 Å². The van der Waals surface area contributed by atoms with Crippen LogP contribution in [0.4, 0.5) is 0 Å². The molecule has 2 N–H and O–H groups in total. The fourth-order valence-electron chi connectivity index (χ4n) is 2.61. The Hall–Kier alpha value is -2.33. The predicted octanol–water partition coefficient (Wildman–Crippen LogP) is 2.60. The van der Waals surface area contributed by atoms with Crippen molar-refractivity contribution in [2.45, 2.75) is 5.92 Å². The van der Waals surface area contributed by atoms with E-state index in [1.807, 2.05) is 18.2 Å². The molecule has 4 nitrogen and oxygen atoms in total. The lowest BCUT2D eigenvalue weighted by Gasteiger charge is -2.25. The summed E-state index contributed by atoms with van der Waals surface area (Å²) in [4.78, 5) is 24.0. The van der Waals surface area contributed by atoms with Crippen molar-refractivity contribution in [3.05, 3.63) is 70.2 Å². The van der Waals surface area contributed by atoms with Crippen LogP contribution in [0.5, 0.6) is 0 Å². The Morgan fingerprint density at radius 3 is 2.86 bits per heavy atom. The highest BCUT2D eigenvalue weighted by atomic mass is 35.5. The largest absolute Gasteiger partial charge is 0.351 e. The molecular formula is C17H15ClN2O2. The van der Waals surface area contributed by atoms with E-state index in [0.717, 1.165) is 5.56 Å². The van der Waals surface area contributed by atoms with E-state index in [1.165, 1.54) is 0 Å². The number of amides is 2. The number of hydrogen-bond donors (Lipinski definition) is 2. The minimum atomic E-state index is -0.170. The van der Waals surface area contributed by atoms with Crippen LogP contribution in [0.15, 0.2) is 48.5 Å². The van der Waals surface area contributed by atoms with Crippen LogP contribution in [-0.2, 0) is 0 Å². The summed E-state index contributed by atoms with van der Waals surface area (Å²) in [6.45, 7) is 0.980. The molecule has 0 saturated carbocycles. The summed E-state index contributed by atoms with van der Waals surface area (Å²) < 4.78 is 0. The highest BCUT2D eigenvalue weighted by Crippen LogP contribution is 2.23. The molecule has 0 bridgehead atoms. The normalized spacial score (nSPS) is 16.6. The second-order valence-electron chi connectivity index (χ2n) is 5.21. The first-order chi connectivity index (χ1) is 10.6. The molecule has 2 amide bonds. The molecule has 0 saturated heterocycles. The molecule has 22 heavy (non-hydrogen) atoms. The average molecular weight is 315 g/mol. The Bertz CT molecular complexity index is 730. The third-order valence-corrected chi connectivity index (χ3v) is 3.99. The summed E-state index contributed by atoms with van der Waals surface area (Å²) in [6.07, 6.45) is 0. The van der Waals surface area contributed by atoms with Crippen molar-refractivity contribution in [2.24, 2.45) is 0 Å². The van der Waals surface area contributed by atoms with E-state index in [9.17, 15) is 9.59 Å². The predicted molar refractivity (Wildman–Crippen MR) is 85.3 cm³/mol. The van der Waals surface area contributed by atoms with Crippen LogP contribution in [0.3, 0.4) is 0 Å². The molecule has 3 rings (SSSR count). The van der Waals surface area contributed by atoms with Gasteiger partial charge in [-0.2, -0.15) is 0 Å². The molecule has 0 aliphatic carbocycles. The SMILES string of the molecule is O=C(NCC1CNC(=O)c2ccccc21)c1cccc(Cl)c1. The van der Waals surface area contributed by atoms with Gasteiger partial charge in [0.15, 0.2) is 0 Å². The van der Waals surface area contributed by atoms with Crippen molar-refractivity contribution in [3.63, 3.8) is 0 Å². The van der Waals surface area contributed by atoms with Crippen LogP contribution < -0.4 is 10.6 Å². The molecule has 2 aromatic carbocycles. The number of halogens is 1. The van der Waals surface area contributed by atoms with E-state index in [2.05, 4.69) is 10.6 Å². The van der Waals surface area contributed by atoms with Gasteiger partial charge in [0.25, 0.3) is 11.8 Å². The molecule has 1 unspecified atom stereocenters. The molecule has 1 aliphatic rings. The summed E-state index contributed by atoms with van der Waals surface area (Å²) in [5, 5.41) is 6.28. The molecule has 112 valence electrons. The van der Waals surface area contributed by atoms with Crippen LogP contribution >= 0.6 is 11.6 Å². The third-order valence-electron chi connectivity index (χ3n) is 3.75. The van der Waals surface area contributed by atoms with Gasteiger partial charge in [-0.3, -0.25) is 9.59 Å². The molecule has 2 aromatic rings. The first-order valence-corrected chi connectivity index (χ1v) is 7.44. The van der Waals surface area contributed by atoms with Crippen molar-refractivity contribution in [1.29, 1.82) is 0 Å². The lowest BCUT2D eigenvalue weighted by atomic mass is 9.90. The van der Waals surface area contributed by atoms with Gasteiger partial charge in [-0.05, 0) is 29.8 Å². The summed E-state index contributed by atoms with van der Waals surface area (Å²) >= 11 is 5.89. The van der Waals surface area contributed by atoms with E-state index >= 15 is 0 Å². The molecule has 1 aliphatic heterocycles. The van der Waals surface area contributed by atoms with E-state index < -0.39 is 0 Å². The Balaban J connectivity index is 1.71. The zero-order chi connectivity index (χ0) is 15.5. The van der Waals surface area contributed by atoms with Crippen LogP contribution in [0.1, 0.15) is 32.2 Å². The zero-order valence-corrected chi connectivity index (χ0v) is 12.6. The molecular weight excluding hydrogens is 300 g/mol. The molecule has 0 radical (unpaired) electrons. The molecule has 1 heterocycles. The van der Waals surface area contributed by atoms with Crippen molar-refractivity contribution in [1.82, 2.24) is 10.6 Å². The maximum absolute atomic E-state index is 12.2. The van der Waals surface area contributed by atoms with Gasteiger partial charge in [0.05, 0.1) is 0 Å². The number of hydrogen-bond acceptors (Lipinski definition) is 2. The number of rotatable bonds is 3. The van der Waals surface area contributed by atoms with Crippen LogP contribution in [0.2, 0.25) is 5.02 Å². The van der Waals surface area contributed by atoms with Gasteiger partial charge in [-0.1, -0.05) is 35.9 Å². The standard InChI is InChI=1S/C17H15ClN2O2/c18-13-5-3-4-11(8-13)16(21)19-9-12-10-20-17(22)15-7-2-1-6-14(12)15/h1-8,12H,9-10H2,(H,19,21)(H,20,22). The Morgan fingerprint density at radius 2 is 2.05 bits per heavy atom. The zero-order valence-electron chi connectivity index (χ0n) is 11.8.